The van der Waals surface area contributed by atoms with E-state index in [2.05, 4.69) is 10.3 Å². The van der Waals surface area contributed by atoms with E-state index in [0.717, 1.165) is 5.69 Å². The second kappa shape index (κ2) is 5.87. The van der Waals surface area contributed by atoms with Crippen molar-refractivity contribution in [3.05, 3.63) is 77.6 Å². The van der Waals surface area contributed by atoms with Crippen LogP contribution in [-0.4, -0.2) is 23.7 Å². The number of nitrogens with zero attached hydrogens (tertiary/aromatic N) is 1. The molecule has 1 aliphatic carbocycles. The van der Waals surface area contributed by atoms with Crippen molar-refractivity contribution in [1.29, 1.82) is 0 Å². The first-order valence-corrected chi connectivity index (χ1v) is 7.78. The molecule has 2 aromatic carbocycles. The van der Waals surface area contributed by atoms with E-state index in [1.54, 1.807) is 6.07 Å². The molecule has 0 saturated heterocycles. The number of carbonyl (C=O) groups excluding carboxylic acids is 2. The molecule has 0 atom stereocenters. The number of ketones is 2. The maximum atomic E-state index is 13.0. The summed E-state index contributed by atoms with van der Waals surface area (Å²) in [5, 5.41) is 3.71. The standard InChI is InChI=1S/C20H14N2O3/c1-25-20-13-9-5-6-10-14(13)22-18-16(23)11-15(19(24)17(18)20)21-12-7-3-2-4-8-12/h2-11,21H,1H3. The van der Waals surface area contributed by atoms with Gasteiger partial charge in [0.25, 0.3) is 0 Å². The van der Waals surface area contributed by atoms with Crippen molar-refractivity contribution >= 4 is 28.2 Å². The Morgan fingerprint density at radius 1 is 0.960 bits per heavy atom. The lowest BCUT2D eigenvalue weighted by Gasteiger charge is -2.19. The smallest absolute Gasteiger partial charge is 0.215 e. The fraction of sp³-hybridized carbons (Fsp3) is 0.0500. The summed E-state index contributed by atoms with van der Waals surface area (Å²) in [6, 6.07) is 16.5. The number of carbonyl (C=O) groups is 2. The topological polar surface area (TPSA) is 68.3 Å². The lowest BCUT2D eigenvalue weighted by molar-refractivity contribution is 0.0980. The van der Waals surface area contributed by atoms with Gasteiger partial charge in [0.2, 0.25) is 11.6 Å². The van der Waals surface area contributed by atoms with Crippen LogP contribution in [0.25, 0.3) is 10.9 Å². The quantitative estimate of drug-likeness (QED) is 0.794. The van der Waals surface area contributed by atoms with Crippen LogP contribution in [0.3, 0.4) is 0 Å². The summed E-state index contributed by atoms with van der Waals surface area (Å²) in [5.41, 5.74) is 1.88. The highest BCUT2D eigenvalue weighted by atomic mass is 16.5. The van der Waals surface area contributed by atoms with E-state index in [0.29, 0.717) is 16.7 Å². The van der Waals surface area contributed by atoms with Crippen LogP contribution >= 0.6 is 0 Å². The van der Waals surface area contributed by atoms with Crippen LogP contribution in [0, 0.1) is 0 Å². The summed E-state index contributed by atoms with van der Waals surface area (Å²) in [5.74, 6) is -0.259. The first-order valence-electron chi connectivity index (χ1n) is 7.78. The SMILES string of the molecule is COc1c2c(nc3ccccc13)C(=O)C=C(Nc1ccccc1)C2=O. The van der Waals surface area contributed by atoms with Crippen LogP contribution in [-0.2, 0) is 0 Å². The molecule has 0 aliphatic heterocycles. The Balaban J connectivity index is 1.87. The van der Waals surface area contributed by atoms with Gasteiger partial charge in [0.15, 0.2) is 0 Å². The molecular weight excluding hydrogens is 316 g/mol. The molecule has 4 rings (SSSR count). The fourth-order valence-corrected chi connectivity index (χ4v) is 2.95. The Bertz CT molecular complexity index is 1040. The van der Waals surface area contributed by atoms with E-state index in [1.807, 2.05) is 48.5 Å². The predicted octanol–water partition coefficient (Wildman–Crippen LogP) is 3.62. The number of fused-ring (bicyclic) bond motifs is 2. The number of nitrogens with one attached hydrogen (secondary N) is 1. The first kappa shape index (κ1) is 15.1. The van der Waals surface area contributed by atoms with Crippen LogP contribution in [0.5, 0.6) is 5.75 Å². The van der Waals surface area contributed by atoms with Gasteiger partial charge < -0.3 is 10.1 Å². The number of aromatic nitrogens is 1. The number of methoxy groups -OCH3 is 1. The number of benzene rings is 2. The van der Waals surface area contributed by atoms with Gasteiger partial charge in [-0.1, -0.05) is 30.3 Å². The van der Waals surface area contributed by atoms with Crippen LogP contribution in [0.2, 0.25) is 0 Å². The molecule has 0 spiro atoms. The number of pyridine rings is 1. The van der Waals surface area contributed by atoms with Crippen molar-refractivity contribution < 1.29 is 14.3 Å². The molecule has 0 bridgehead atoms. The number of rotatable bonds is 3. The number of hydrogen-bond donors (Lipinski definition) is 1. The van der Waals surface area contributed by atoms with Crippen molar-refractivity contribution in [2.75, 3.05) is 12.4 Å². The molecule has 1 heterocycles. The first-order chi connectivity index (χ1) is 12.2. The molecule has 0 radical (unpaired) electrons. The molecule has 5 heteroatoms. The third-order valence-electron chi connectivity index (χ3n) is 4.08. The molecule has 0 amide bonds. The average Bonchev–Trinajstić information content (AvgIpc) is 2.65. The Morgan fingerprint density at radius 2 is 1.68 bits per heavy atom. The Hall–Kier alpha value is -3.47. The zero-order chi connectivity index (χ0) is 17.4. The minimum absolute atomic E-state index is 0.124. The second-order valence-corrected chi connectivity index (χ2v) is 5.63. The molecule has 0 saturated carbocycles. The highest BCUT2D eigenvalue weighted by Gasteiger charge is 2.32. The molecule has 5 nitrogen and oxygen atoms in total. The predicted molar refractivity (Wildman–Crippen MR) is 95.1 cm³/mol. The molecule has 0 fully saturated rings. The van der Waals surface area contributed by atoms with Gasteiger partial charge in [0.05, 0.1) is 23.9 Å². The third kappa shape index (κ3) is 2.46. The van der Waals surface area contributed by atoms with Gasteiger partial charge in [-0.3, -0.25) is 9.59 Å². The Kier molecular flexibility index (Phi) is 3.54. The van der Waals surface area contributed by atoms with Crippen LogP contribution in [0.4, 0.5) is 5.69 Å². The molecule has 1 aliphatic rings. The average molecular weight is 330 g/mol. The van der Waals surface area contributed by atoms with Crippen molar-refractivity contribution in [3.63, 3.8) is 0 Å². The summed E-state index contributed by atoms with van der Waals surface area (Å²) < 4.78 is 5.48. The van der Waals surface area contributed by atoms with E-state index in [9.17, 15) is 9.59 Å². The van der Waals surface area contributed by atoms with Crippen LogP contribution < -0.4 is 10.1 Å². The van der Waals surface area contributed by atoms with E-state index < -0.39 is 0 Å². The lowest BCUT2D eigenvalue weighted by Crippen LogP contribution is -2.23. The summed E-state index contributed by atoms with van der Waals surface area (Å²) in [6.07, 6.45) is 1.29. The highest BCUT2D eigenvalue weighted by molar-refractivity contribution is 6.27. The largest absolute Gasteiger partial charge is 0.495 e. The fourth-order valence-electron chi connectivity index (χ4n) is 2.95. The minimum atomic E-state index is -0.322. The number of ether oxygens (including phenoxy) is 1. The van der Waals surface area contributed by atoms with E-state index >= 15 is 0 Å². The van der Waals surface area contributed by atoms with Gasteiger partial charge in [-0.15, -0.1) is 0 Å². The van der Waals surface area contributed by atoms with Crippen molar-refractivity contribution in [2.24, 2.45) is 0 Å². The molecule has 3 aromatic rings. The van der Waals surface area contributed by atoms with Crippen molar-refractivity contribution in [1.82, 2.24) is 4.98 Å². The van der Waals surface area contributed by atoms with Gasteiger partial charge >= 0.3 is 0 Å². The molecule has 0 unspecified atom stereocenters. The zero-order valence-electron chi connectivity index (χ0n) is 13.4. The normalized spacial score (nSPS) is 13.4. The van der Waals surface area contributed by atoms with Gasteiger partial charge in [0.1, 0.15) is 11.4 Å². The lowest BCUT2D eigenvalue weighted by atomic mass is 9.94. The van der Waals surface area contributed by atoms with Crippen LogP contribution in [0.15, 0.2) is 66.4 Å². The Labute approximate surface area is 144 Å². The second-order valence-electron chi connectivity index (χ2n) is 5.63. The highest BCUT2D eigenvalue weighted by Crippen LogP contribution is 2.35. The molecule has 25 heavy (non-hydrogen) atoms. The third-order valence-corrected chi connectivity index (χ3v) is 4.08. The Morgan fingerprint density at radius 3 is 2.44 bits per heavy atom. The number of hydrogen-bond acceptors (Lipinski definition) is 5. The van der Waals surface area contributed by atoms with Gasteiger partial charge in [-0.2, -0.15) is 0 Å². The molecule has 1 aromatic heterocycles. The number of para-hydroxylation sites is 2. The summed E-state index contributed by atoms with van der Waals surface area (Å²) >= 11 is 0. The molecule has 1 N–H and O–H groups in total. The monoisotopic (exact) mass is 330 g/mol. The van der Waals surface area contributed by atoms with Gasteiger partial charge in [0, 0.05) is 17.1 Å². The summed E-state index contributed by atoms with van der Waals surface area (Å²) in [4.78, 5) is 29.9. The van der Waals surface area contributed by atoms with Crippen molar-refractivity contribution in [3.8, 4) is 5.75 Å². The maximum Gasteiger partial charge on any atom is 0.215 e. The summed E-state index contributed by atoms with van der Waals surface area (Å²) in [6.45, 7) is 0. The maximum absolute atomic E-state index is 13.0. The molecular formula is C20H14N2O3. The summed E-state index contributed by atoms with van der Waals surface area (Å²) in [7, 11) is 1.49. The number of Topliss-reactive ketones (excluding diaryl/α,β-unsaturated/α-hetero) is 1. The van der Waals surface area contributed by atoms with Gasteiger partial charge in [-0.25, -0.2) is 4.98 Å². The number of allylic oxidation sites excluding steroid dienone is 2. The van der Waals surface area contributed by atoms with E-state index in [4.69, 9.17) is 4.74 Å². The van der Waals surface area contributed by atoms with E-state index in [-0.39, 0.29) is 28.5 Å². The minimum Gasteiger partial charge on any atom is -0.495 e. The number of anilines is 1. The van der Waals surface area contributed by atoms with Crippen molar-refractivity contribution in [2.45, 2.75) is 0 Å². The van der Waals surface area contributed by atoms with Crippen LogP contribution in [0.1, 0.15) is 20.8 Å². The van der Waals surface area contributed by atoms with E-state index in [1.165, 1.54) is 13.2 Å². The molecule has 122 valence electrons. The zero-order valence-corrected chi connectivity index (χ0v) is 13.4. The van der Waals surface area contributed by atoms with Gasteiger partial charge in [-0.05, 0) is 24.3 Å².